The number of nitrogens with zero attached hydrogens (tertiary/aromatic N) is 2. The van der Waals surface area contributed by atoms with E-state index in [1.165, 1.54) is 17.0 Å². The summed E-state index contributed by atoms with van der Waals surface area (Å²) in [4.78, 5) is 29.1. The molecule has 0 spiro atoms. The van der Waals surface area contributed by atoms with Crippen molar-refractivity contribution in [2.45, 2.75) is 26.3 Å². The number of carbonyl (C=O) groups is 2. The molecular formula is C25H29FN2O4. The largest absolute Gasteiger partial charge is 0.507 e. The van der Waals surface area contributed by atoms with Crippen LogP contribution in [0.2, 0.25) is 0 Å². The van der Waals surface area contributed by atoms with Crippen LogP contribution in [0.25, 0.3) is 5.76 Å². The minimum Gasteiger partial charge on any atom is -0.507 e. The molecule has 170 valence electrons. The van der Waals surface area contributed by atoms with E-state index in [0.717, 1.165) is 6.42 Å². The van der Waals surface area contributed by atoms with Crippen molar-refractivity contribution in [3.63, 3.8) is 0 Å². The number of hydrogen-bond acceptors (Lipinski definition) is 5. The number of likely N-dealkylation sites (tertiary alicyclic amines) is 1. The molecule has 0 aromatic heterocycles. The predicted octanol–water partition coefficient (Wildman–Crippen LogP) is 3.91. The van der Waals surface area contributed by atoms with Crippen molar-refractivity contribution in [1.82, 2.24) is 9.80 Å². The number of hydrogen-bond donors (Lipinski definition) is 1. The summed E-state index contributed by atoms with van der Waals surface area (Å²) in [6.07, 6.45) is 0.861. The van der Waals surface area contributed by atoms with E-state index in [1.54, 1.807) is 37.3 Å². The first-order chi connectivity index (χ1) is 15.3. The molecule has 1 N–H and O–H groups in total. The van der Waals surface area contributed by atoms with Gasteiger partial charge in [-0.25, -0.2) is 4.39 Å². The number of rotatable bonds is 8. The highest BCUT2D eigenvalue weighted by Crippen LogP contribution is 2.40. The number of amides is 1. The Morgan fingerprint density at radius 1 is 1.19 bits per heavy atom. The van der Waals surface area contributed by atoms with Crippen molar-refractivity contribution in [3.05, 3.63) is 70.5 Å². The van der Waals surface area contributed by atoms with Gasteiger partial charge in [0.05, 0.1) is 18.2 Å². The molecule has 0 aliphatic carbocycles. The Morgan fingerprint density at radius 2 is 1.91 bits per heavy atom. The molecule has 0 bridgehead atoms. The van der Waals surface area contributed by atoms with Gasteiger partial charge >= 0.3 is 0 Å². The quantitative estimate of drug-likeness (QED) is 0.383. The summed E-state index contributed by atoms with van der Waals surface area (Å²) in [5.41, 5.74) is 1.15. The number of likely N-dealkylation sites (N-methyl/N-ethyl adjacent to an activating group) is 1. The van der Waals surface area contributed by atoms with Gasteiger partial charge in [0.15, 0.2) is 0 Å². The van der Waals surface area contributed by atoms with Gasteiger partial charge in [-0.05, 0) is 57.3 Å². The third-order valence-electron chi connectivity index (χ3n) is 5.45. The fourth-order valence-corrected chi connectivity index (χ4v) is 3.80. The molecule has 2 aromatic rings. The number of halogens is 1. The summed E-state index contributed by atoms with van der Waals surface area (Å²) in [5, 5.41) is 11.2. The van der Waals surface area contributed by atoms with Crippen molar-refractivity contribution in [2.24, 2.45) is 0 Å². The lowest BCUT2D eigenvalue weighted by Crippen LogP contribution is -2.35. The van der Waals surface area contributed by atoms with Crippen molar-refractivity contribution < 1.29 is 23.8 Å². The number of carbonyl (C=O) groups excluding carboxylic acids is 2. The van der Waals surface area contributed by atoms with Gasteiger partial charge in [0.1, 0.15) is 17.3 Å². The minimum atomic E-state index is -1.01. The van der Waals surface area contributed by atoms with Crippen LogP contribution in [-0.4, -0.2) is 60.4 Å². The van der Waals surface area contributed by atoms with Crippen LogP contribution in [0.5, 0.6) is 5.75 Å². The Balaban J connectivity index is 2.13. The molecule has 0 radical (unpaired) electrons. The van der Waals surface area contributed by atoms with Crippen molar-refractivity contribution in [3.8, 4) is 5.75 Å². The molecule has 0 saturated carbocycles. The first-order valence-electron chi connectivity index (χ1n) is 10.7. The van der Waals surface area contributed by atoms with Gasteiger partial charge in [0.25, 0.3) is 11.7 Å². The van der Waals surface area contributed by atoms with Crippen LogP contribution < -0.4 is 4.74 Å². The highest BCUT2D eigenvalue weighted by Gasteiger charge is 2.46. The second-order valence-electron chi connectivity index (χ2n) is 8.14. The highest BCUT2D eigenvalue weighted by molar-refractivity contribution is 6.46. The molecule has 1 unspecified atom stereocenters. The molecular weight excluding hydrogens is 411 g/mol. The Kier molecular flexibility index (Phi) is 7.30. The zero-order chi connectivity index (χ0) is 23.4. The smallest absolute Gasteiger partial charge is 0.295 e. The van der Waals surface area contributed by atoms with Gasteiger partial charge in [-0.1, -0.05) is 25.1 Å². The molecule has 1 saturated heterocycles. The van der Waals surface area contributed by atoms with Crippen LogP contribution in [0, 0.1) is 12.7 Å². The Hall–Kier alpha value is -3.19. The lowest BCUT2D eigenvalue weighted by atomic mass is 9.93. The Morgan fingerprint density at radius 3 is 2.53 bits per heavy atom. The highest BCUT2D eigenvalue weighted by atomic mass is 19.1. The average Bonchev–Trinajstić information content (AvgIpc) is 3.00. The average molecular weight is 441 g/mol. The maximum Gasteiger partial charge on any atom is 0.295 e. The zero-order valence-corrected chi connectivity index (χ0v) is 18.9. The molecule has 1 fully saturated rings. The summed E-state index contributed by atoms with van der Waals surface area (Å²) in [6.45, 7) is 5.06. The van der Waals surface area contributed by atoms with Gasteiger partial charge in [0.2, 0.25) is 0 Å². The number of aliphatic hydroxyl groups excluding tert-OH is 1. The van der Waals surface area contributed by atoms with Crippen LogP contribution in [-0.2, 0) is 9.59 Å². The Bertz CT molecular complexity index is 1050. The summed E-state index contributed by atoms with van der Waals surface area (Å²) in [6, 6.07) is 10.1. The van der Waals surface area contributed by atoms with Crippen molar-refractivity contribution in [2.75, 3.05) is 33.8 Å². The lowest BCUT2D eigenvalue weighted by molar-refractivity contribution is -0.140. The normalized spacial score (nSPS) is 17.9. The standard InChI is InChI=1S/C25H29FN2O4/c1-5-14-32-17-10-11-18(16(2)15-17)23(29)21-22(19-8-6-7-9-20(19)26)28(13-12-27(3)4)25(31)24(21)30/h6-11,15,22,29H,5,12-14H2,1-4H3/b23-21+. The third kappa shape index (κ3) is 4.67. The van der Waals surface area contributed by atoms with Gasteiger partial charge in [-0.2, -0.15) is 0 Å². The fourth-order valence-electron chi connectivity index (χ4n) is 3.80. The molecule has 1 amide bonds. The second kappa shape index (κ2) is 9.96. The summed E-state index contributed by atoms with van der Waals surface area (Å²) in [7, 11) is 3.69. The molecule has 2 aromatic carbocycles. The first-order valence-corrected chi connectivity index (χ1v) is 10.7. The molecule has 1 heterocycles. The van der Waals surface area contributed by atoms with Crippen LogP contribution in [0.15, 0.2) is 48.0 Å². The molecule has 7 heteroatoms. The zero-order valence-electron chi connectivity index (χ0n) is 18.9. The van der Waals surface area contributed by atoms with Crippen LogP contribution >= 0.6 is 0 Å². The van der Waals surface area contributed by atoms with E-state index in [2.05, 4.69) is 0 Å². The lowest BCUT2D eigenvalue weighted by Gasteiger charge is -2.27. The second-order valence-corrected chi connectivity index (χ2v) is 8.14. The fraction of sp³-hybridized carbons (Fsp3) is 0.360. The third-order valence-corrected chi connectivity index (χ3v) is 5.45. The van der Waals surface area contributed by atoms with E-state index in [0.29, 0.717) is 30.0 Å². The number of benzene rings is 2. The number of aryl methyl sites for hydroxylation is 1. The monoisotopic (exact) mass is 440 g/mol. The van der Waals surface area contributed by atoms with Crippen LogP contribution in [0.3, 0.4) is 0 Å². The molecule has 1 aliphatic heterocycles. The molecule has 32 heavy (non-hydrogen) atoms. The van der Waals surface area contributed by atoms with Crippen molar-refractivity contribution >= 4 is 17.4 Å². The predicted molar refractivity (Wildman–Crippen MR) is 121 cm³/mol. The van der Waals surface area contributed by atoms with Gasteiger partial charge in [-0.3, -0.25) is 9.59 Å². The summed E-state index contributed by atoms with van der Waals surface area (Å²) < 4.78 is 20.4. The Labute approximate surface area is 187 Å². The SMILES string of the molecule is CCCOc1ccc(/C(O)=C2\C(=O)C(=O)N(CCN(C)C)C2c2ccccc2F)c(C)c1. The van der Waals surface area contributed by atoms with Gasteiger partial charge < -0.3 is 19.6 Å². The maximum atomic E-state index is 14.8. The number of Topliss-reactive ketones (excluding diaryl/α,β-unsaturated/α-hetero) is 1. The van der Waals surface area contributed by atoms with Crippen LogP contribution in [0.1, 0.15) is 36.1 Å². The van der Waals surface area contributed by atoms with E-state index in [-0.39, 0.29) is 23.4 Å². The topological polar surface area (TPSA) is 70.1 Å². The number of ether oxygens (including phenoxy) is 1. The molecule has 1 aliphatic rings. The first kappa shape index (κ1) is 23.5. The van der Waals surface area contributed by atoms with E-state index in [9.17, 15) is 19.1 Å². The maximum absolute atomic E-state index is 14.8. The molecule has 1 atom stereocenters. The van der Waals surface area contributed by atoms with E-state index in [4.69, 9.17) is 4.74 Å². The summed E-state index contributed by atoms with van der Waals surface area (Å²) >= 11 is 0. The summed E-state index contributed by atoms with van der Waals surface area (Å²) in [5.74, 6) is -1.77. The van der Waals surface area contributed by atoms with E-state index < -0.39 is 23.5 Å². The van der Waals surface area contributed by atoms with Crippen molar-refractivity contribution in [1.29, 1.82) is 0 Å². The van der Waals surface area contributed by atoms with Crippen LogP contribution in [0.4, 0.5) is 4.39 Å². The van der Waals surface area contributed by atoms with Gasteiger partial charge in [0, 0.05) is 24.2 Å². The van der Waals surface area contributed by atoms with E-state index in [1.807, 2.05) is 25.9 Å². The van der Waals surface area contributed by atoms with E-state index >= 15 is 0 Å². The number of ketones is 1. The van der Waals surface area contributed by atoms with Gasteiger partial charge in [-0.15, -0.1) is 0 Å². The molecule has 3 rings (SSSR count). The number of aliphatic hydroxyl groups is 1. The minimum absolute atomic E-state index is 0.107. The molecule has 6 nitrogen and oxygen atoms in total.